The maximum atomic E-state index is 14.1. The van der Waals surface area contributed by atoms with Crippen molar-refractivity contribution in [2.75, 3.05) is 39.5 Å². The largest absolute Gasteiger partial charge is 0.494 e. The minimum atomic E-state index is -1.08. The van der Waals surface area contributed by atoms with Gasteiger partial charge in [-0.3, -0.25) is 9.69 Å². The van der Waals surface area contributed by atoms with Crippen LogP contribution in [0.1, 0.15) is 61.9 Å². The van der Waals surface area contributed by atoms with Gasteiger partial charge in [0.1, 0.15) is 11.4 Å². The van der Waals surface area contributed by atoms with Gasteiger partial charge in [-0.05, 0) is 80.8 Å². The van der Waals surface area contributed by atoms with Crippen molar-refractivity contribution in [1.82, 2.24) is 15.5 Å². The number of alkyl carbamates (subject to hydrolysis) is 1. The highest BCUT2D eigenvalue weighted by molar-refractivity contribution is 5.80. The Hall–Kier alpha value is -3.96. The van der Waals surface area contributed by atoms with Crippen molar-refractivity contribution in [3.63, 3.8) is 0 Å². The van der Waals surface area contributed by atoms with E-state index in [1.54, 1.807) is 20.8 Å². The third kappa shape index (κ3) is 11.3. The monoisotopic (exact) mass is 687 g/mol. The van der Waals surface area contributed by atoms with Gasteiger partial charge in [0.15, 0.2) is 0 Å². The van der Waals surface area contributed by atoms with E-state index in [4.69, 9.17) is 14.2 Å². The number of aliphatic hydroxyl groups is 2. The molecule has 1 aliphatic carbocycles. The second kappa shape index (κ2) is 17.8. The van der Waals surface area contributed by atoms with Crippen LogP contribution < -0.4 is 15.4 Å². The summed E-state index contributed by atoms with van der Waals surface area (Å²) in [5.74, 6) is -0.181. The lowest BCUT2D eigenvalue weighted by Crippen LogP contribution is -2.48. The van der Waals surface area contributed by atoms with Crippen LogP contribution >= 0.6 is 0 Å². The lowest BCUT2D eigenvalue weighted by atomic mass is 9.88. The molecule has 1 heterocycles. The first-order chi connectivity index (χ1) is 24.0. The van der Waals surface area contributed by atoms with Crippen LogP contribution in [0.25, 0.3) is 0 Å². The van der Waals surface area contributed by atoms with Crippen LogP contribution in [-0.2, 0) is 33.5 Å². The van der Waals surface area contributed by atoms with Crippen molar-refractivity contribution >= 4 is 12.0 Å². The molecular formula is C40H53N3O7. The van der Waals surface area contributed by atoms with Gasteiger partial charge in [0, 0.05) is 32.0 Å². The molecule has 0 aromatic heterocycles. The Morgan fingerprint density at radius 2 is 1.62 bits per heavy atom. The number of nitrogens with zero attached hydrogens (tertiary/aromatic N) is 1. The van der Waals surface area contributed by atoms with Crippen LogP contribution in [0.3, 0.4) is 0 Å². The second-order valence-electron chi connectivity index (χ2n) is 14.4. The topological polar surface area (TPSA) is 130 Å². The van der Waals surface area contributed by atoms with Gasteiger partial charge in [0.2, 0.25) is 5.91 Å². The van der Waals surface area contributed by atoms with E-state index in [-0.39, 0.29) is 12.3 Å². The summed E-state index contributed by atoms with van der Waals surface area (Å²) >= 11 is 0. The lowest BCUT2D eigenvalue weighted by Gasteiger charge is -2.30. The molecule has 2 amide bonds. The van der Waals surface area contributed by atoms with E-state index < -0.39 is 41.9 Å². The summed E-state index contributed by atoms with van der Waals surface area (Å²) < 4.78 is 17.0. The smallest absolute Gasteiger partial charge is 0.407 e. The maximum Gasteiger partial charge on any atom is 0.407 e. The van der Waals surface area contributed by atoms with Gasteiger partial charge in [-0.15, -0.1) is 0 Å². The van der Waals surface area contributed by atoms with Crippen molar-refractivity contribution in [3.05, 3.63) is 101 Å². The number of hydrogen-bond acceptors (Lipinski definition) is 8. The Labute approximate surface area is 296 Å². The van der Waals surface area contributed by atoms with E-state index >= 15 is 0 Å². The summed E-state index contributed by atoms with van der Waals surface area (Å²) in [4.78, 5) is 29.3. The summed E-state index contributed by atoms with van der Waals surface area (Å²) in [5.41, 5.74) is 3.03. The highest BCUT2D eigenvalue weighted by Gasteiger charge is 2.35. The molecular weight excluding hydrogens is 634 g/mol. The van der Waals surface area contributed by atoms with Crippen LogP contribution in [0, 0.1) is 5.92 Å². The molecule has 0 spiro atoms. The molecule has 3 aromatic rings. The molecule has 1 unspecified atom stereocenters. The molecule has 5 rings (SSSR count). The normalized spacial score (nSPS) is 19.5. The second-order valence-corrected chi connectivity index (χ2v) is 14.4. The van der Waals surface area contributed by atoms with Crippen LogP contribution in [0.4, 0.5) is 4.79 Å². The van der Waals surface area contributed by atoms with Crippen LogP contribution in [0.15, 0.2) is 78.9 Å². The van der Waals surface area contributed by atoms with Gasteiger partial charge in [-0.2, -0.15) is 0 Å². The first kappa shape index (κ1) is 37.3. The molecule has 5 atom stereocenters. The standard InChI is InChI=1S/C40H53N3O7/c1-40(2,3)50-39(47)41-34(25-28-10-5-4-6-11-28)35(44)27-31(38(46)42-37-33-13-8-7-12-30(33)26-36(37)45)24-29-14-16-32(17-15-29)49-21-9-18-43-19-22-48-23-20-43/h4-8,10-17,31,34-37,44-45H,9,18-27H2,1-3H3,(H,41,47)(H,42,46)/t31-,34+,35+,36-,37?/m1/s1. The summed E-state index contributed by atoms with van der Waals surface area (Å²) in [6, 6.07) is 23.8. The number of rotatable bonds is 15. The summed E-state index contributed by atoms with van der Waals surface area (Å²) in [6.45, 7) is 10.4. The zero-order valence-corrected chi connectivity index (χ0v) is 29.6. The number of carbonyl (C=O) groups is 2. The minimum Gasteiger partial charge on any atom is -0.494 e. The maximum absolute atomic E-state index is 14.1. The Kier molecular flexibility index (Phi) is 13.3. The van der Waals surface area contributed by atoms with Crippen molar-refractivity contribution in [2.24, 2.45) is 5.92 Å². The summed E-state index contributed by atoms with van der Waals surface area (Å²) in [7, 11) is 0. The van der Waals surface area contributed by atoms with Crippen molar-refractivity contribution in [3.8, 4) is 5.75 Å². The number of nitrogens with one attached hydrogen (secondary N) is 2. The number of benzene rings is 3. The summed E-state index contributed by atoms with van der Waals surface area (Å²) in [5, 5.41) is 28.6. The fourth-order valence-electron chi connectivity index (χ4n) is 6.68. The molecule has 0 saturated carbocycles. The van der Waals surface area contributed by atoms with E-state index in [0.717, 1.165) is 67.3 Å². The number of hydrogen-bond donors (Lipinski definition) is 4. The van der Waals surface area contributed by atoms with Gasteiger partial charge in [-0.1, -0.05) is 66.7 Å². The van der Waals surface area contributed by atoms with Gasteiger partial charge in [-0.25, -0.2) is 4.79 Å². The molecule has 1 fully saturated rings. The average molecular weight is 688 g/mol. The fraction of sp³-hybridized carbons (Fsp3) is 0.500. The van der Waals surface area contributed by atoms with E-state index in [2.05, 4.69) is 15.5 Å². The van der Waals surface area contributed by atoms with Gasteiger partial charge in [0.25, 0.3) is 0 Å². The number of aliphatic hydroxyl groups excluding tert-OH is 2. The SMILES string of the molecule is CC(C)(C)OC(=O)N[C@@H](Cc1ccccc1)[C@@H](O)C[C@@H](Cc1ccc(OCCCN2CCOCC2)cc1)C(=O)NC1c2ccccc2C[C@H]1O. The molecule has 1 aliphatic heterocycles. The number of carbonyl (C=O) groups excluding carboxylic acids is 2. The molecule has 3 aromatic carbocycles. The number of fused-ring (bicyclic) bond motifs is 1. The molecule has 0 radical (unpaired) electrons. The Balaban J connectivity index is 1.29. The molecule has 4 N–H and O–H groups in total. The Morgan fingerprint density at radius 3 is 2.34 bits per heavy atom. The molecule has 50 heavy (non-hydrogen) atoms. The van der Waals surface area contributed by atoms with E-state index in [1.807, 2.05) is 78.9 Å². The molecule has 270 valence electrons. The number of amides is 2. The number of morpholine rings is 1. The predicted molar refractivity (Wildman–Crippen MR) is 192 cm³/mol. The zero-order valence-electron chi connectivity index (χ0n) is 29.6. The molecule has 10 heteroatoms. The van der Waals surface area contributed by atoms with Crippen LogP contribution in [0.5, 0.6) is 5.75 Å². The third-order valence-corrected chi connectivity index (χ3v) is 9.26. The third-order valence-electron chi connectivity index (χ3n) is 9.26. The molecule has 2 aliphatic rings. The summed E-state index contributed by atoms with van der Waals surface area (Å²) in [6.07, 6.45) is -0.319. The Morgan fingerprint density at radius 1 is 0.940 bits per heavy atom. The highest BCUT2D eigenvalue weighted by Crippen LogP contribution is 2.32. The van der Waals surface area contributed by atoms with Crippen molar-refractivity contribution < 1.29 is 34.0 Å². The lowest BCUT2D eigenvalue weighted by molar-refractivity contribution is -0.127. The molecule has 0 bridgehead atoms. The highest BCUT2D eigenvalue weighted by atomic mass is 16.6. The van der Waals surface area contributed by atoms with Crippen molar-refractivity contribution in [2.45, 2.75) is 82.8 Å². The van der Waals surface area contributed by atoms with Gasteiger partial charge >= 0.3 is 6.09 Å². The van der Waals surface area contributed by atoms with Crippen molar-refractivity contribution in [1.29, 1.82) is 0 Å². The average Bonchev–Trinajstić information content (AvgIpc) is 3.41. The first-order valence-corrected chi connectivity index (χ1v) is 17.8. The van der Waals surface area contributed by atoms with E-state index in [9.17, 15) is 19.8 Å². The van der Waals surface area contributed by atoms with Gasteiger partial charge in [0.05, 0.1) is 44.1 Å². The first-order valence-electron chi connectivity index (χ1n) is 17.8. The zero-order chi connectivity index (χ0) is 35.5. The van der Waals surface area contributed by atoms with Crippen LogP contribution in [0.2, 0.25) is 0 Å². The minimum absolute atomic E-state index is 0.0728. The quantitative estimate of drug-likeness (QED) is 0.171. The molecule has 10 nitrogen and oxygen atoms in total. The Bertz CT molecular complexity index is 1510. The van der Waals surface area contributed by atoms with Crippen LogP contribution in [-0.4, -0.2) is 90.4 Å². The molecule has 1 saturated heterocycles. The van der Waals surface area contributed by atoms with E-state index in [1.165, 1.54) is 0 Å². The van der Waals surface area contributed by atoms with E-state index in [0.29, 0.717) is 25.9 Å². The predicted octanol–water partition coefficient (Wildman–Crippen LogP) is 4.61. The number of ether oxygens (including phenoxy) is 3. The fourth-order valence-corrected chi connectivity index (χ4v) is 6.68. The van der Waals surface area contributed by atoms with Gasteiger partial charge < -0.3 is 35.1 Å².